The van der Waals surface area contributed by atoms with Crippen molar-refractivity contribution in [2.24, 2.45) is 5.14 Å². The number of sulfonamides is 2. The van der Waals surface area contributed by atoms with E-state index in [0.29, 0.717) is 0 Å². The lowest BCUT2D eigenvalue weighted by molar-refractivity contribution is 0.576. The summed E-state index contributed by atoms with van der Waals surface area (Å²) in [7, 11) is -7.16. The second-order valence-electron chi connectivity index (χ2n) is 3.05. The molecule has 0 bridgehead atoms. The van der Waals surface area contributed by atoms with E-state index in [1.807, 2.05) is 0 Å². The third-order valence-corrected chi connectivity index (χ3v) is 3.97. The molecule has 0 saturated carbocycles. The van der Waals surface area contributed by atoms with Crippen LogP contribution in [-0.2, 0) is 20.0 Å². The minimum Gasteiger partial charge on any atom is -0.284 e. The molecule has 10 heteroatoms. The molecule has 0 aliphatic rings. The highest BCUT2D eigenvalue weighted by atomic mass is 32.2. The van der Waals surface area contributed by atoms with Gasteiger partial charge in [0, 0.05) is 12.7 Å². The maximum absolute atomic E-state index is 11.5. The van der Waals surface area contributed by atoms with Gasteiger partial charge in [-0.15, -0.1) is 0 Å². The molecule has 4 N–H and O–H groups in total. The van der Waals surface area contributed by atoms with E-state index in [2.05, 4.69) is 14.9 Å². The maximum Gasteiger partial charge on any atom is 0.243 e. The summed E-state index contributed by atoms with van der Waals surface area (Å²) in [5.74, 6) is -0.263. The van der Waals surface area contributed by atoms with Gasteiger partial charge in [-0.05, 0) is 6.42 Å². The summed E-state index contributed by atoms with van der Waals surface area (Å²) in [6, 6.07) is 0. The summed E-state index contributed by atoms with van der Waals surface area (Å²) in [5, 5.41) is 10.6. The molecule has 0 fully saturated rings. The van der Waals surface area contributed by atoms with Crippen LogP contribution in [0, 0.1) is 0 Å². The van der Waals surface area contributed by atoms with Crippen molar-refractivity contribution in [3.8, 4) is 0 Å². The Kier molecular flexibility index (Phi) is 4.02. The van der Waals surface area contributed by atoms with E-state index in [-0.39, 0.29) is 23.6 Å². The van der Waals surface area contributed by atoms with Gasteiger partial charge >= 0.3 is 0 Å². The molecule has 16 heavy (non-hydrogen) atoms. The minimum absolute atomic E-state index is 0.00288. The third-order valence-electron chi connectivity index (χ3n) is 1.68. The van der Waals surface area contributed by atoms with Crippen LogP contribution in [0.5, 0.6) is 0 Å². The fourth-order valence-electron chi connectivity index (χ4n) is 0.949. The van der Waals surface area contributed by atoms with Crippen molar-refractivity contribution in [1.29, 1.82) is 0 Å². The SMILES string of the molecule is NS(=O)(=O)CCCNS(=O)(=O)c1cn[nH]c1. The number of nitrogens with one attached hydrogen (secondary N) is 2. The van der Waals surface area contributed by atoms with Crippen LogP contribution in [0.25, 0.3) is 0 Å². The number of H-pyrrole nitrogens is 1. The van der Waals surface area contributed by atoms with Crippen molar-refractivity contribution in [3.63, 3.8) is 0 Å². The Labute approximate surface area is 93.3 Å². The monoisotopic (exact) mass is 268 g/mol. The van der Waals surface area contributed by atoms with Crippen LogP contribution in [0.4, 0.5) is 0 Å². The quantitative estimate of drug-likeness (QED) is 0.532. The number of aromatic amines is 1. The van der Waals surface area contributed by atoms with Gasteiger partial charge in [0.05, 0.1) is 11.9 Å². The van der Waals surface area contributed by atoms with Crippen molar-refractivity contribution in [2.45, 2.75) is 11.3 Å². The highest BCUT2D eigenvalue weighted by molar-refractivity contribution is 7.89. The highest BCUT2D eigenvalue weighted by Crippen LogP contribution is 2.03. The Bertz CT molecular complexity index is 519. The summed E-state index contributed by atoms with van der Waals surface area (Å²) in [6.45, 7) is 0.00391. The average Bonchev–Trinajstić information content (AvgIpc) is 2.64. The molecule has 8 nitrogen and oxygen atoms in total. The topological polar surface area (TPSA) is 135 Å². The molecule has 0 unspecified atom stereocenters. The molecule has 0 radical (unpaired) electrons. The normalized spacial score (nSPS) is 12.8. The number of hydrogen-bond donors (Lipinski definition) is 3. The lowest BCUT2D eigenvalue weighted by atomic mass is 10.5. The van der Waals surface area contributed by atoms with Crippen LogP contribution in [-0.4, -0.2) is 39.3 Å². The Morgan fingerprint density at radius 3 is 2.56 bits per heavy atom. The molecular formula is C6H12N4O4S2. The van der Waals surface area contributed by atoms with Crippen LogP contribution in [0.3, 0.4) is 0 Å². The van der Waals surface area contributed by atoms with E-state index in [4.69, 9.17) is 5.14 Å². The summed E-state index contributed by atoms with van der Waals surface area (Å²) in [6.07, 6.45) is 2.50. The van der Waals surface area contributed by atoms with Gasteiger partial charge in [-0.2, -0.15) is 5.10 Å². The first-order valence-electron chi connectivity index (χ1n) is 4.30. The smallest absolute Gasteiger partial charge is 0.243 e. The molecular weight excluding hydrogens is 256 g/mol. The minimum atomic E-state index is -3.61. The first-order chi connectivity index (χ1) is 7.31. The molecule has 0 saturated heterocycles. The second-order valence-corrected chi connectivity index (χ2v) is 6.55. The summed E-state index contributed by atoms with van der Waals surface area (Å²) in [4.78, 5) is 0.00288. The lowest BCUT2D eigenvalue weighted by Gasteiger charge is -2.03. The molecule has 0 spiro atoms. The summed E-state index contributed by atoms with van der Waals surface area (Å²) in [5.41, 5.74) is 0. The molecule has 1 rings (SSSR count). The summed E-state index contributed by atoms with van der Waals surface area (Å²) < 4.78 is 46.3. The maximum atomic E-state index is 11.5. The highest BCUT2D eigenvalue weighted by Gasteiger charge is 2.14. The van der Waals surface area contributed by atoms with Crippen LogP contribution in [0.2, 0.25) is 0 Å². The molecule has 0 amide bonds. The predicted octanol–water partition coefficient (Wildman–Crippen LogP) is -1.63. The van der Waals surface area contributed by atoms with Gasteiger partial charge in [0.2, 0.25) is 20.0 Å². The Balaban J connectivity index is 2.45. The van der Waals surface area contributed by atoms with Crippen molar-refractivity contribution in [2.75, 3.05) is 12.3 Å². The van der Waals surface area contributed by atoms with Gasteiger partial charge in [0.1, 0.15) is 4.90 Å². The molecule has 0 aliphatic carbocycles. The van der Waals surface area contributed by atoms with Crippen LogP contribution >= 0.6 is 0 Å². The van der Waals surface area contributed by atoms with Crippen LogP contribution in [0.1, 0.15) is 6.42 Å². The molecule has 0 atom stereocenters. The van der Waals surface area contributed by atoms with Crippen molar-refractivity contribution >= 4 is 20.0 Å². The number of hydrogen-bond acceptors (Lipinski definition) is 5. The first kappa shape index (κ1) is 13.1. The van der Waals surface area contributed by atoms with Gasteiger partial charge in [0.15, 0.2) is 0 Å². The fraction of sp³-hybridized carbons (Fsp3) is 0.500. The largest absolute Gasteiger partial charge is 0.284 e. The molecule has 1 heterocycles. The molecule has 1 aromatic rings. The molecule has 92 valence electrons. The second kappa shape index (κ2) is 4.91. The first-order valence-corrected chi connectivity index (χ1v) is 7.50. The predicted molar refractivity (Wildman–Crippen MR) is 56.4 cm³/mol. The zero-order chi connectivity index (χ0) is 12.2. The van der Waals surface area contributed by atoms with E-state index in [1.54, 1.807) is 0 Å². The average molecular weight is 268 g/mol. The van der Waals surface area contributed by atoms with Crippen molar-refractivity contribution in [1.82, 2.24) is 14.9 Å². The Hall–Kier alpha value is -0.970. The number of nitrogens with zero attached hydrogens (tertiary/aromatic N) is 1. The number of aromatic nitrogens is 2. The summed E-state index contributed by atoms with van der Waals surface area (Å²) >= 11 is 0. The van der Waals surface area contributed by atoms with E-state index < -0.39 is 20.0 Å². The van der Waals surface area contributed by atoms with Gasteiger partial charge < -0.3 is 0 Å². The van der Waals surface area contributed by atoms with Gasteiger partial charge in [-0.1, -0.05) is 0 Å². The van der Waals surface area contributed by atoms with Crippen LogP contribution < -0.4 is 9.86 Å². The lowest BCUT2D eigenvalue weighted by Crippen LogP contribution is -2.27. The number of rotatable bonds is 6. The van der Waals surface area contributed by atoms with E-state index in [1.165, 1.54) is 6.20 Å². The molecule has 0 aliphatic heterocycles. The zero-order valence-electron chi connectivity index (χ0n) is 8.25. The van der Waals surface area contributed by atoms with E-state index in [0.717, 1.165) is 6.20 Å². The van der Waals surface area contributed by atoms with Gasteiger partial charge in [-0.25, -0.2) is 26.7 Å². The standard InChI is InChI=1S/C6H12N4O4S2/c7-15(11,12)3-1-2-10-16(13,14)6-4-8-9-5-6/h4-5,10H,1-3H2,(H,8,9)(H2,7,11,12). The van der Waals surface area contributed by atoms with Crippen LogP contribution in [0.15, 0.2) is 17.3 Å². The van der Waals surface area contributed by atoms with E-state index in [9.17, 15) is 16.8 Å². The van der Waals surface area contributed by atoms with Crippen molar-refractivity contribution < 1.29 is 16.8 Å². The molecule has 0 aromatic carbocycles. The van der Waals surface area contributed by atoms with Gasteiger partial charge in [-0.3, -0.25) is 5.10 Å². The van der Waals surface area contributed by atoms with Gasteiger partial charge in [0.25, 0.3) is 0 Å². The fourth-order valence-corrected chi connectivity index (χ4v) is 2.47. The zero-order valence-corrected chi connectivity index (χ0v) is 9.88. The number of primary sulfonamides is 1. The van der Waals surface area contributed by atoms with E-state index >= 15 is 0 Å². The Morgan fingerprint density at radius 1 is 1.38 bits per heavy atom. The number of nitrogens with two attached hydrogens (primary N) is 1. The third kappa shape index (κ3) is 4.26. The Morgan fingerprint density at radius 2 is 2.06 bits per heavy atom. The molecule has 1 aromatic heterocycles. The van der Waals surface area contributed by atoms with Crippen molar-refractivity contribution in [3.05, 3.63) is 12.4 Å².